The molecule has 3 N–H and O–H groups in total. The van der Waals surface area contributed by atoms with E-state index >= 15 is 0 Å². The van der Waals surface area contributed by atoms with Gasteiger partial charge in [-0.05, 0) is 30.7 Å². The number of nitrogens with one attached hydrogen (secondary N) is 3. The molecule has 0 aliphatic rings. The second kappa shape index (κ2) is 7.04. The molecule has 7 nitrogen and oxygen atoms in total. The van der Waals surface area contributed by atoms with E-state index in [2.05, 4.69) is 20.8 Å². The average Bonchev–Trinajstić information content (AvgIpc) is 3.05. The molecule has 0 saturated heterocycles. The van der Waals surface area contributed by atoms with Gasteiger partial charge in [0.15, 0.2) is 5.69 Å². The van der Waals surface area contributed by atoms with Gasteiger partial charge in [-0.15, -0.1) is 0 Å². The number of carbonyl (C=O) groups is 2. The number of hydrogen-bond donors (Lipinski definition) is 3. The van der Waals surface area contributed by atoms with E-state index in [0.717, 1.165) is 11.1 Å². The zero-order chi connectivity index (χ0) is 17.8. The van der Waals surface area contributed by atoms with E-state index in [4.69, 9.17) is 4.74 Å². The summed E-state index contributed by atoms with van der Waals surface area (Å²) in [5.41, 5.74) is 2.60. The van der Waals surface area contributed by atoms with Gasteiger partial charge in [0.05, 0.1) is 24.9 Å². The summed E-state index contributed by atoms with van der Waals surface area (Å²) in [6, 6.07) is 12.8. The van der Waals surface area contributed by atoms with E-state index in [1.807, 2.05) is 37.3 Å². The second-order valence-corrected chi connectivity index (χ2v) is 5.55. The first-order valence-electron chi connectivity index (χ1n) is 7.74. The van der Waals surface area contributed by atoms with E-state index in [0.29, 0.717) is 16.8 Å². The second-order valence-electron chi connectivity index (χ2n) is 5.55. The molecular weight excluding hydrogens is 320 g/mol. The van der Waals surface area contributed by atoms with Crippen LogP contribution >= 0.6 is 0 Å². The van der Waals surface area contributed by atoms with Crippen LogP contribution in [0.3, 0.4) is 0 Å². The fourth-order valence-corrected chi connectivity index (χ4v) is 2.48. The number of methoxy groups -OCH3 is 1. The Bertz CT molecular complexity index is 933. The molecule has 0 saturated carbocycles. The van der Waals surface area contributed by atoms with Gasteiger partial charge in [-0.2, -0.15) is 5.10 Å². The summed E-state index contributed by atoms with van der Waals surface area (Å²) in [6.07, 6.45) is 0. The number of rotatable bonds is 5. The first kappa shape index (κ1) is 16.5. The predicted molar refractivity (Wildman–Crippen MR) is 94.8 cm³/mol. The molecule has 0 fully saturated rings. The van der Waals surface area contributed by atoms with Crippen molar-refractivity contribution in [1.82, 2.24) is 15.5 Å². The number of anilines is 1. The van der Waals surface area contributed by atoms with Crippen molar-refractivity contribution in [1.29, 1.82) is 0 Å². The first-order chi connectivity index (χ1) is 12.1. The Morgan fingerprint density at radius 2 is 2.00 bits per heavy atom. The minimum Gasteiger partial charge on any atom is -0.495 e. The summed E-state index contributed by atoms with van der Waals surface area (Å²) in [4.78, 5) is 24.3. The Morgan fingerprint density at radius 1 is 1.20 bits per heavy atom. The minimum absolute atomic E-state index is 0.170. The number of benzene rings is 2. The highest BCUT2D eigenvalue weighted by molar-refractivity contribution is 6.06. The maximum atomic E-state index is 12.2. The molecule has 0 radical (unpaired) electrons. The SMILES string of the molecule is COc1cc(C)ccc1NC(=O)CNC(=O)c1n[nH]c2ccccc12. The third-order valence-corrected chi connectivity index (χ3v) is 3.73. The lowest BCUT2D eigenvalue weighted by atomic mass is 10.2. The number of para-hydroxylation sites is 1. The standard InChI is InChI=1S/C18H18N4O3/c1-11-7-8-14(15(9-11)25-2)20-16(23)10-19-18(24)17-12-5-3-4-6-13(12)21-22-17/h3-9H,10H2,1-2H3,(H,19,24)(H,20,23)(H,21,22). The van der Waals surface area contributed by atoms with Crippen LogP contribution in [0.2, 0.25) is 0 Å². The van der Waals surface area contributed by atoms with Crippen molar-refractivity contribution in [3.8, 4) is 5.75 Å². The van der Waals surface area contributed by atoms with Crippen LogP contribution in [0.4, 0.5) is 5.69 Å². The molecule has 128 valence electrons. The fourth-order valence-electron chi connectivity index (χ4n) is 2.48. The van der Waals surface area contributed by atoms with Crippen molar-refractivity contribution in [3.05, 3.63) is 53.7 Å². The summed E-state index contributed by atoms with van der Waals surface area (Å²) in [5, 5.41) is 12.8. The van der Waals surface area contributed by atoms with Gasteiger partial charge in [-0.25, -0.2) is 0 Å². The molecule has 2 aromatic carbocycles. The normalized spacial score (nSPS) is 10.5. The number of fused-ring (bicyclic) bond motifs is 1. The van der Waals surface area contributed by atoms with Gasteiger partial charge in [0, 0.05) is 5.39 Å². The van der Waals surface area contributed by atoms with Crippen LogP contribution in [0, 0.1) is 6.92 Å². The zero-order valence-corrected chi connectivity index (χ0v) is 13.9. The Balaban J connectivity index is 1.63. The molecule has 0 bridgehead atoms. The number of aromatic nitrogens is 2. The van der Waals surface area contributed by atoms with Gasteiger partial charge in [-0.1, -0.05) is 24.3 Å². The third-order valence-electron chi connectivity index (χ3n) is 3.73. The molecule has 3 rings (SSSR count). The fraction of sp³-hybridized carbons (Fsp3) is 0.167. The largest absolute Gasteiger partial charge is 0.495 e. The molecule has 0 aliphatic heterocycles. The predicted octanol–water partition coefficient (Wildman–Crippen LogP) is 2.25. The number of carbonyl (C=O) groups excluding carboxylic acids is 2. The number of aryl methyl sites for hydroxylation is 1. The van der Waals surface area contributed by atoms with Gasteiger partial charge in [0.2, 0.25) is 5.91 Å². The molecule has 25 heavy (non-hydrogen) atoms. The molecule has 1 heterocycles. The van der Waals surface area contributed by atoms with Crippen molar-refractivity contribution >= 4 is 28.4 Å². The van der Waals surface area contributed by atoms with Crippen molar-refractivity contribution in [2.24, 2.45) is 0 Å². The Labute approximate surface area is 144 Å². The first-order valence-corrected chi connectivity index (χ1v) is 7.74. The summed E-state index contributed by atoms with van der Waals surface area (Å²) >= 11 is 0. The van der Waals surface area contributed by atoms with Crippen LogP contribution in [0.25, 0.3) is 10.9 Å². The average molecular weight is 338 g/mol. The van der Waals surface area contributed by atoms with Crippen LogP contribution in [0.1, 0.15) is 16.1 Å². The Morgan fingerprint density at radius 3 is 2.80 bits per heavy atom. The van der Waals surface area contributed by atoms with Gasteiger partial charge in [0.25, 0.3) is 5.91 Å². The molecule has 0 atom stereocenters. The number of amides is 2. The molecule has 0 aliphatic carbocycles. The molecule has 0 spiro atoms. The Kier molecular flexibility index (Phi) is 4.65. The lowest BCUT2D eigenvalue weighted by molar-refractivity contribution is -0.115. The van der Waals surface area contributed by atoms with E-state index in [1.165, 1.54) is 7.11 Å². The van der Waals surface area contributed by atoms with Crippen molar-refractivity contribution in [2.75, 3.05) is 19.0 Å². The molecule has 7 heteroatoms. The van der Waals surface area contributed by atoms with E-state index in [1.54, 1.807) is 12.1 Å². The molecule has 0 unspecified atom stereocenters. The molecule has 3 aromatic rings. The van der Waals surface area contributed by atoms with Crippen molar-refractivity contribution in [3.63, 3.8) is 0 Å². The molecular formula is C18H18N4O3. The van der Waals surface area contributed by atoms with Crippen molar-refractivity contribution < 1.29 is 14.3 Å². The van der Waals surface area contributed by atoms with E-state index < -0.39 is 5.91 Å². The number of ether oxygens (including phenoxy) is 1. The number of nitrogens with zero attached hydrogens (tertiary/aromatic N) is 1. The molecule has 1 aromatic heterocycles. The van der Waals surface area contributed by atoms with Gasteiger partial charge >= 0.3 is 0 Å². The van der Waals surface area contributed by atoms with Gasteiger partial charge < -0.3 is 15.4 Å². The summed E-state index contributed by atoms with van der Waals surface area (Å²) < 4.78 is 5.24. The lowest BCUT2D eigenvalue weighted by Gasteiger charge is -2.11. The Hall–Kier alpha value is -3.35. The topological polar surface area (TPSA) is 96.1 Å². The maximum Gasteiger partial charge on any atom is 0.272 e. The van der Waals surface area contributed by atoms with Crippen LogP contribution in [0.5, 0.6) is 5.75 Å². The van der Waals surface area contributed by atoms with Crippen LogP contribution in [-0.2, 0) is 4.79 Å². The van der Waals surface area contributed by atoms with Crippen LogP contribution < -0.4 is 15.4 Å². The number of hydrogen-bond acceptors (Lipinski definition) is 4. The number of H-pyrrole nitrogens is 1. The third kappa shape index (κ3) is 3.60. The summed E-state index contributed by atoms with van der Waals surface area (Å²) in [6.45, 7) is 1.76. The minimum atomic E-state index is -0.413. The summed E-state index contributed by atoms with van der Waals surface area (Å²) in [5.74, 6) is -0.197. The number of aromatic amines is 1. The highest BCUT2D eigenvalue weighted by Crippen LogP contribution is 2.25. The highest BCUT2D eigenvalue weighted by atomic mass is 16.5. The van der Waals surface area contributed by atoms with E-state index in [-0.39, 0.29) is 18.1 Å². The van der Waals surface area contributed by atoms with E-state index in [9.17, 15) is 9.59 Å². The zero-order valence-electron chi connectivity index (χ0n) is 13.9. The maximum absolute atomic E-state index is 12.2. The van der Waals surface area contributed by atoms with Crippen LogP contribution in [-0.4, -0.2) is 35.7 Å². The quantitative estimate of drug-likeness (QED) is 0.665. The highest BCUT2D eigenvalue weighted by Gasteiger charge is 2.15. The monoisotopic (exact) mass is 338 g/mol. The van der Waals surface area contributed by atoms with Gasteiger partial charge in [-0.3, -0.25) is 14.7 Å². The smallest absolute Gasteiger partial charge is 0.272 e. The van der Waals surface area contributed by atoms with Gasteiger partial charge in [0.1, 0.15) is 5.75 Å². The summed E-state index contributed by atoms with van der Waals surface area (Å²) in [7, 11) is 1.54. The van der Waals surface area contributed by atoms with Crippen LogP contribution in [0.15, 0.2) is 42.5 Å². The van der Waals surface area contributed by atoms with Crippen molar-refractivity contribution in [2.45, 2.75) is 6.92 Å². The lowest BCUT2D eigenvalue weighted by Crippen LogP contribution is -2.33. The molecule has 2 amide bonds.